The molecule has 0 radical (unpaired) electrons. The number of hydrogen-bond donors (Lipinski definition) is 0. The third kappa shape index (κ3) is 5.45. The van der Waals surface area contributed by atoms with E-state index in [1.165, 1.54) is 70.8 Å². The lowest BCUT2D eigenvalue weighted by Crippen LogP contribution is -2.76. The zero-order chi connectivity index (χ0) is 46.3. The van der Waals surface area contributed by atoms with Gasteiger partial charge in [-0.2, -0.15) is 0 Å². The molecule has 14 rings (SSSR count). The monoisotopic (exact) mass is 908 g/mol. The molecule has 3 nitrogen and oxygen atoms in total. The first-order chi connectivity index (χ1) is 34.7. The molecule has 3 aliphatic rings. The Morgan fingerprint density at radius 2 is 0.843 bits per heavy atom. The highest BCUT2D eigenvalue weighted by molar-refractivity contribution is 7.20. The van der Waals surface area contributed by atoms with Gasteiger partial charge in [-0.3, -0.25) is 9.97 Å². The van der Waals surface area contributed by atoms with Crippen molar-refractivity contribution in [3.8, 4) is 44.9 Å². The summed E-state index contributed by atoms with van der Waals surface area (Å²) in [5, 5.41) is 5.18. The minimum Gasteiger partial charge on any atom is -0.457 e. The van der Waals surface area contributed by atoms with Crippen molar-refractivity contribution in [1.29, 1.82) is 0 Å². The van der Waals surface area contributed by atoms with E-state index in [-0.39, 0.29) is 0 Å². The van der Waals surface area contributed by atoms with E-state index < -0.39 is 18.9 Å². The fraction of sp³-hybridized carbons (Fsp3) is 0.0303. The number of nitrogens with zero attached hydrogens (tertiary/aromatic N) is 2. The molecule has 4 heteroatoms. The zero-order valence-corrected chi connectivity index (χ0v) is 39.2. The summed E-state index contributed by atoms with van der Waals surface area (Å²) in [7, 11) is -2.95. The Morgan fingerprint density at radius 1 is 0.343 bits per heavy atom. The Hall–Kier alpha value is -8.70. The molecule has 0 bridgehead atoms. The number of ether oxygens (including phenoxy) is 1. The van der Waals surface area contributed by atoms with Crippen LogP contribution in [0.3, 0.4) is 0 Å². The first-order valence-corrected chi connectivity index (χ1v) is 26.1. The average molecular weight is 909 g/mol. The van der Waals surface area contributed by atoms with E-state index in [1.807, 2.05) is 24.5 Å². The molecule has 0 spiro atoms. The topological polar surface area (TPSA) is 35.0 Å². The first-order valence-electron chi connectivity index (χ1n) is 24.1. The molecule has 0 saturated heterocycles. The molecule has 2 aromatic heterocycles. The van der Waals surface area contributed by atoms with E-state index in [1.54, 1.807) is 0 Å². The molecule has 328 valence electrons. The highest BCUT2D eigenvalue weighted by Crippen LogP contribution is 2.60. The largest absolute Gasteiger partial charge is 0.457 e. The van der Waals surface area contributed by atoms with E-state index >= 15 is 0 Å². The highest BCUT2D eigenvalue weighted by Gasteiger charge is 2.54. The molecule has 70 heavy (non-hydrogen) atoms. The number of hydrogen-bond acceptors (Lipinski definition) is 3. The van der Waals surface area contributed by atoms with Crippen molar-refractivity contribution in [3.63, 3.8) is 0 Å². The molecule has 2 aliphatic carbocycles. The normalized spacial score (nSPS) is 14.7. The van der Waals surface area contributed by atoms with Gasteiger partial charge in [-0.15, -0.1) is 0 Å². The first kappa shape index (κ1) is 40.4. The summed E-state index contributed by atoms with van der Waals surface area (Å²) in [4.78, 5) is 10.2. The molecule has 0 saturated carbocycles. The Labute approximate surface area is 409 Å². The lowest BCUT2D eigenvalue weighted by atomic mass is 9.67. The van der Waals surface area contributed by atoms with E-state index in [9.17, 15) is 0 Å². The number of aromatic nitrogens is 2. The summed E-state index contributed by atoms with van der Waals surface area (Å²) < 4.78 is 7.47. The van der Waals surface area contributed by atoms with Crippen LogP contribution >= 0.6 is 0 Å². The second kappa shape index (κ2) is 15.7. The lowest BCUT2D eigenvalue weighted by molar-refractivity contribution is 0.488. The molecule has 9 aromatic carbocycles. The second-order valence-corrected chi connectivity index (χ2v) is 22.4. The minimum absolute atomic E-state index is 0.680. The molecule has 0 fully saturated rings. The smallest absolute Gasteiger partial charge is 0.188 e. The van der Waals surface area contributed by atoms with Crippen LogP contribution in [0.15, 0.2) is 267 Å². The van der Waals surface area contributed by atoms with Crippen molar-refractivity contribution in [1.82, 2.24) is 9.97 Å². The van der Waals surface area contributed by atoms with Gasteiger partial charge in [-0.25, -0.2) is 0 Å². The fourth-order valence-corrected chi connectivity index (χ4v) is 17.7. The van der Waals surface area contributed by atoms with Gasteiger partial charge in [0, 0.05) is 18.0 Å². The summed E-state index contributed by atoms with van der Waals surface area (Å²) in [6.45, 7) is 0. The van der Waals surface area contributed by atoms with Crippen molar-refractivity contribution in [2.24, 2.45) is 0 Å². The maximum atomic E-state index is 7.47. The molecule has 1 aliphatic heterocycles. The molecular formula is C66H44N2OSi. The summed E-state index contributed by atoms with van der Waals surface area (Å²) >= 11 is 0. The van der Waals surface area contributed by atoms with Crippen molar-refractivity contribution < 1.29 is 4.74 Å². The summed E-state index contributed by atoms with van der Waals surface area (Å²) in [5.74, 6) is 1.87. The summed E-state index contributed by atoms with van der Waals surface area (Å²) in [5.41, 5.74) is 14.7. The van der Waals surface area contributed by atoms with Gasteiger partial charge in [0.15, 0.2) is 8.07 Å². The highest BCUT2D eigenvalue weighted by atomic mass is 28.3. The van der Waals surface area contributed by atoms with Gasteiger partial charge in [0.2, 0.25) is 0 Å². The predicted octanol–water partition coefficient (Wildman–Crippen LogP) is 12.4. The number of para-hydroxylation sites is 1. The van der Waals surface area contributed by atoms with Gasteiger partial charge in [-0.05, 0) is 124 Å². The number of pyridine rings is 2. The molecular weight excluding hydrogens is 865 g/mol. The van der Waals surface area contributed by atoms with Crippen LogP contribution in [0, 0.1) is 0 Å². The number of fused-ring (bicyclic) bond motifs is 9. The van der Waals surface area contributed by atoms with E-state index in [4.69, 9.17) is 14.7 Å². The summed E-state index contributed by atoms with van der Waals surface area (Å²) in [6.07, 6.45) is 3.81. The molecule has 0 amide bonds. The van der Waals surface area contributed by atoms with Crippen molar-refractivity contribution in [3.05, 3.63) is 312 Å². The Balaban J connectivity index is 1.06. The standard InChI is InChI=1S/C66H44N2OSi/c1-5-21-47(22-6-1)65(48-23-7-2-8-24-48)55-39-40-60-64(69-58-31-15-16-32-59(58)70(60,49-25-9-3-10-26-49)50-27-11-4-12-28-50)63(55)53-38-36-46(44-57(53)65)45-35-37-52-51-29-13-14-30-54(51)66(56(52)43-45,61-33-17-19-41-67-61)62-34-18-20-42-68-62/h1-44H. The van der Waals surface area contributed by atoms with Gasteiger partial charge >= 0.3 is 0 Å². The second-order valence-electron chi connectivity index (χ2n) is 18.7. The lowest BCUT2D eigenvalue weighted by Gasteiger charge is -2.41. The molecule has 11 aromatic rings. The third-order valence-electron chi connectivity index (χ3n) is 15.5. The van der Waals surface area contributed by atoms with Crippen LogP contribution in [0.25, 0.3) is 33.4 Å². The molecule has 0 unspecified atom stereocenters. The number of benzene rings is 9. The van der Waals surface area contributed by atoms with Gasteiger partial charge in [0.05, 0.1) is 16.8 Å². The van der Waals surface area contributed by atoms with Crippen molar-refractivity contribution >= 4 is 28.8 Å². The predicted molar refractivity (Wildman–Crippen MR) is 286 cm³/mol. The van der Waals surface area contributed by atoms with Crippen LogP contribution in [-0.2, 0) is 10.8 Å². The molecule has 0 atom stereocenters. The summed E-state index contributed by atoms with van der Waals surface area (Å²) in [6, 6.07) is 93.7. The maximum absolute atomic E-state index is 7.47. The maximum Gasteiger partial charge on any atom is 0.188 e. The quantitative estimate of drug-likeness (QED) is 0.149. The van der Waals surface area contributed by atoms with E-state index in [2.05, 4.69) is 243 Å². The van der Waals surface area contributed by atoms with Crippen LogP contribution in [0.5, 0.6) is 11.5 Å². The van der Waals surface area contributed by atoms with Gasteiger partial charge in [0.1, 0.15) is 16.9 Å². The van der Waals surface area contributed by atoms with Gasteiger partial charge in [-0.1, -0.05) is 212 Å². The SMILES string of the molecule is c1ccc(C2(c3ccccc3)c3cc(-c4ccc5c(c4)C(c4ccccn4)(c4ccccn4)c4ccccc4-5)ccc3-c3c2ccc2c3Oc3ccccc3[Si]2(c2ccccc2)c2ccccc2)cc1. The van der Waals surface area contributed by atoms with Gasteiger partial charge < -0.3 is 4.74 Å². The zero-order valence-electron chi connectivity index (χ0n) is 38.2. The van der Waals surface area contributed by atoms with Crippen LogP contribution in [0.4, 0.5) is 0 Å². The van der Waals surface area contributed by atoms with Crippen LogP contribution in [0.1, 0.15) is 44.8 Å². The Bertz CT molecular complexity index is 3670. The van der Waals surface area contributed by atoms with Crippen LogP contribution in [0.2, 0.25) is 0 Å². The van der Waals surface area contributed by atoms with Crippen molar-refractivity contribution in [2.45, 2.75) is 10.8 Å². The molecule has 3 heterocycles. The van der Waals surface area contributed by atoms with Crippen LogP contribution < -0.4 is 25.5 Å². The van der Waals surface area contributed by atoms with Crippen LogP contribution in [-0.4, -0.2) is 18.0 Å². The minimum atomic E-state index is -2.95. The van der Waals surface area contributed by atoms with E-state index in [0.29, 0.717) is 0 Å². The fourth-order valence-electron chi connectivity index (χ4n) is 12.7. The van der Waals surface area contributed by atoms with Crippen molar-refractivity contribution in [2.75, 3.05) is 0 Å². The Kier molecular flexibility index (Phi) is 9.04. The average Bonchev–Trinajstić information content (AvgIpc) is 3.92. The van der Waals surface area contributed by atoms with Gasteiger partial charge in [0.25, 0.3) is 0 Å². The Morgan fingerprint density at radius 3 is 1.44 bits per heavy atom. The third-order valence-corrected chi connectivity index (χ3v) is 20.3. The van der Waals surface area contributed by atoms with E-state index in [0.717, 1.165) is 39.6 Å². The molecule has 0 N–H and O–H groups in total. The number of rotatable bonds is 7.